The van der Waals surface area contributed by atoms with Crippen molar-refractivity contribution in [1.82, 2.24) is 0 Å². The third-order valence-electron chi connectivity index (χ3n) is 2.84. The largest absolute Gasteiger partial charge is 0.313 e. The predicted molar refractivity (Wildman–Crippen MR) is 40.2 cm³/mol. The van der Waals surface area contributed by atoms with E-state index in [0.717, 1.165) is 5.41 Å². The Kier molecular flexibility index (Phi) is 3.69. The molecule has 2 rings (SSSR count). The summed E-state index contributed by atoms with van der Waals surface area (Å²) >= 11 is 0. The van der Waals surface area contributed by atoms with Crippen LogP contribution in [0.2, 0.25) is 0 Å². The van der Waals surface area contributed by atoms with E-state index >= 15 is 0 Å². The number of hydrogen-bond acceptors (Lipinski definition) is 0. The van der Waals surface area contributed by atoms with Crippen LogP contribution in [-0.2, 0) is 21.1 Å². The molecule has 0 aromatic carbocycles. The molecule has 0 amide bonds. The number of hydrogen-bond donors (Lipinski definition) is 0. The summed E-state index contributed by atoms with van der Waals surface area (Å²) in [6.07, 6.45) is 7.35. The van der Waals surface area contributed by atoms with E-state index < -0.39 is 0 Å². The maximum Gasteiger partial charge on any atom is 0 e. The van der Waals surface area contributed by atoms with E-state index in [1.54, 1.807) is 0 Å². The Morgan fingerprint density at radius 1 is 1.20 bits per heavy atom. The number of rotatable bonds is 0. The van der Waals surface area contributed by atoms with Crippen LogP contribution in [0.1, 0.15) is 39.0 Å². The van der Waals surface area contributed by atoms with E-state index in [2.05, 4.69) is 6.92 Å². The summed E-state index contributed by atoms with van der Waals surface area (Å²) in [6, 6.07) is 0. The van der Waals surface area contributed by atoms with Crippen LogP contribution in [0.5, 0.6) is 0 Å². The van der Waals surface area contributed by atoms with Gasteiger partial charge in [0.25, 0.3) is 0 Å². The molecule has 0 spiro atoms. The molecule has 0 aromatic heterocycles. The zero-order valence-electron chi connectivity index (χ0n) is 6.52. The van der Waals surface area contributed by atoms with Crippen LogP contribution >= 0.6 is 0 Å². The van der Waals surface area contributed by atoms with Crippen molar-refractivity contribution in [3.63, 3.8) is 0 Å². The van der Waals surface area contributed by atoms with E-state index in [-0.39, 0.29) is 29.5 Å². The zero-order valence-corrected chi connectivity index (χ0v) is 9.45. The molecule has 2 heteroatoms. The van der Waals surface area contributed by atoms with Crippen LogP contribution in [0, 0.1) is 11.3 Å². The molecule has 0 nitrogen and oxygen atoms in total. The second-order valence-electron chi connectivity index (χ2n) is 3.74. The van der Waals surface area contributed by atoms with Crippen molar-refractivity contribution in [2.45, 2.75) is 39.0 Å². The minimum Gasteiger partial charge on any atom is -0.313 e. The van der Waals surface area contributed by atoms with Crippen molar-refractivity contribution in [3.8, 4) is 0 Å². The molecule has 3 radical (unpaired) electrons. The topological polar surface area (TPSA) is 0 Å². The molecule has 2 saturated carbocycles. The van der Waals surface area contributed by atoms with E-state index in [9.17, 15) is 0 Å². The van der Waals surface area contributed by atoms with Crippen LogP contribution < -0.4 is 0 Å². The summed E-state index contributed by atoms with van der Waals surface area (Å²) < 4.78 is 0. The summed E-state index contributed by atoms with van der Waals surface area (Å²) in [4.78, 5) is 0. The van der Waals surface area contributed by atoms with E-state index in [1.807, 2.05) is 5.92 Å². The molecule has 0 aromatic rings. The molecule has 0 N–H and O–H groups in total. The van der Waals surface area contributed by atoms with Crippen molar-refractivity contribution >= 4 is 8.41 Å². The molecule has 2 aliphatic rings. The molecule has 0 saturated heterocycles. The van der Waals surface area contributed by atoms with Gasteiger partial charge in [-0.2, -0.15) is 19.3 Å². The summed E-state index contributed by atoms with van der Waals surface area (Å²) in [6.45, 7) is 2.44. The first-order valence-electron chi connectivity index (χ1n) is 3.62. The van der Waals surface area contributed by atoms with Gasteiger partial charge in [-0.25, -0.2) is 0 Å². The van der Waals surface area contributed by atoms with Gasteiger partial charge in [-0.05, 0) is 0 Å². The molecular formula is C8H13BW-. The van der Waals surface area contributed by atoms with E-state index in [4.69, 9.17) is 0 Å². The van der Waals surface area contributed by atoms with E-state index in [0.29, 0.717) is 0 Å². The Balaban J connectivity index is 0.000000405. The smallest absolute Gasteiger partial charge is 0 e. The summed E-state index contributed by atoms with van der Waals surface area (Å²) in [5.41, 5.74) is 0.773. The minimum absolute atomic E-state index is 0. The summed E-state index contributed by atoms with van der Waals surface area (Å²) in [5, 5.41) is 0. The van der Waals surface area contributed by atoms with Gasteiger partial charge in [-0.15, -0.1) is 0 Å². The fourth-order valence-corrected chi connectivity index (χ4v) is 2.16. The molecule has 2 aliphatic carbocycles. The van der Waals surface area contributed by atoms with Gasteiger partial charge in [-0.1, -0.05) is 25.2 Å². The standard InChI is InChI=1S/C8H13.B.W/c1-8-4-2-7(6-8)3-5-8;;/h2-6H2,1H3;;/q-1;;. The second kappa shape index (κ2) is 3.43. The van der Waals surface area contributed by atoms with Gasteiger partial charge in [0.2, 0.25) is 0 Å². The fourth-order valence-electron chi connectivity index (χ4n) is 2.16. The van der Waals surface area contributed by atoms with E-state index in [1.165, 1.54) is 32.1 Å². The van der Waals surface area contributed by atoms with Crippen molar-refractivity contribution in [2.75, 3.05) is 0 Å². The van der Waals surface area contributed by atoms with Crippen molar-refractivity contribution in [2.24, 2.45) is 5.41 Å². The molecule has 0 atom stereocenters. The van der Waals surface area contributed by atoms with Gasteiger partial charge < -0.3 is 5.92 Å². The van der Waals surface area contributed by atoms with Gasteiger partial charge >= 0.3 is 0 Å². The molecule has 0 unspecified atom stereocenters. The Bertz CT molecular complexity index is 106. The summed E-state index contributed by atoms with van der Waals surface area (Å²) in [7, 11) is 0. The normalized spacial score (nSPS) is 27.3. The third-order valence-corrected chi connectivity index (χ3v) is 2.84. The molecular weight excluding hydrogens is 291 g/mol. The van der Waals surface area contributed by atoms with Gasteiger partial charge in [0.15, 0.2) is 0 Å². The minimum atomic E-state index is 0. The van der Waals surface area contributed by atoms with Crippen LogP contribution in [-0.4, -0.2) is 8.41 Å². The Labute approximate surface area is 80.0 Å². The monoisotopic (exact) mass is 304 g/mol. The average molecular weight is 304 g/mol. The maximum atomic E-state index is 2.44. The van der Waals surface area contributed by atoms with Crippen molar-refractivity contribution < 1.29 is 21.1 Å². The second-order valence-corrected chi connectivity index (χ2v) is 3.74. The first-order chi connectivity index (χ1) is 3.79. The molecule has 10 heavy (non-hydrogen) atoms. The van der Waals surface area contributed by atoms with Gasteiger partial charge in [0.05, 0.1) is 0 Å². The third kappa shape index (κ3) is 1.67. The Hall–Kier alpha value is 0.753. The van der Waals surface area contributed by atoms with Crippen LogP contribution in [0.3, 0.4) is 0 Å². The van der Waals surface area contributed by atoms with Crippen LogP contribution in [0.25, 0.3) is 0 Å². The van der Waals surface area contributed by atoms with Gasteiger partial charge in [0.1, 0.15) is 0 Å². The zero-order chi connectivity index (χ0) is 5.61. The first-order valence-corrected chi connectivity index (χ1v) is 3.62. The van der Waals surface area contributed by atoms with Crippen molar-refractivity contribution in [1.29, 1.82) is 0 Å². The molecule has 0 heterocycles. The summed E-state index contributed by atoms with van der Waals surface area (Å²) in [5.74, 6) is 1.85. The first kappa shape index (κ1) is 10.8. The van der Waals surface area contributed by atoms with Gasteiger partial charge in [0, 0.05) is 29.5 Å². The van der Waals surface area contributed by atoms with Crippen LogP contribution in [0.15, 0.2) is 0 Å². The quantitative estimate of drug-likeness (QED) is 0.475. The predicted octanol–water partition coefficient (Wildman–Crippen LogP) is 2.16. The molecule has 2 bridgehead atoms. The number of fused-ring (bicyclic) bond motifs is 2. The van der Waals surface area contributed by atoms with Crippen LogP contribution in [0.4, 0.5) is 0 Å². The SMILES string of the molecule is CC12CC[C-](CC1)C2.[B].[W]. The maximum absolute atomic E-state index is 2.44. The average Bonchev–Trinajstić information content (AvgIpc) is 2.21. The fraction of sp³-hybridized carbons (Fsp3) is 0.875. The molecule has 0 aliphatic heterocycles. The Morgan fingerprint density at radius 3 is 1.80 bits per heavy atom. The molecule has 55 valence electrons. The van der Waals surface area contributed by atoms with Crippen molar-refractivity contribution in [3.05, 3.63) is 5.92 Å². The Morgan fingerprint density at radius 2 is 1.70 bits per heavy atom. The van der Waals surface area contributed by atoms with Gasteiger partial charge in [-0.3, -0.25) is 0 Å². The molecule has 2 fully saturated rings.